The van der Waals surface area contributed by atoms with E-state index in [1.807, 2.05) is 40.5 Å². The number of aromatic nitrogens is 1. The Kier molecular flexibility index (Phi) is 3.79. The largest absolute Gasteiger partial charge is 0.448 e. The zero-order chi connectivity index (χ0) is 14.8. The lowest BCUT2D eigenvalue weighted by Crippen LogP contribution is -2.37. The minimum absolute atomic E-state index is 0.232. The number of amides is 1. The van der Waals surface area contributed by atoms with Crippen molar-refractivity contribution in [1.82, 2.24) is 9.88 Å². The van der Waals surface area contributed by atoms with Gasteiger partial charge in [-0.05, 0) is 43.3 Å². The highest BCUT2D eigenvalue weighted by Crippen LogP contribution is 2.23. The number of carbonyl (C=O) groups is 2. The monoisotopic (exact) mass is 304 g/mol. The zero-order valence-electron chi connectivity index (χ0n) is 11.6. The third-order valence-corrected chi connectivity index (χ3v) is 4.17. The summed E-state index contributed by atoms with van der Waals surface area (Å²) in [6.07, 6.45) is 4.96. The molecule has 1 unspecified atom stereocenters. The van der Waals surface area contributed by atoms with Crippen molar-refractivity contribution in [3.05, 3.63) is 40.8 Å². The van der Waals surface area contributed by atoms with Gasteiger partial charge in [-0.1, -0.05) is 0 Å². The van der Waals surface area contributed by atoms with E-state index >= 15 is 0 Å². The maximum atomic E-state index is 12.2. The van der Waals surface area contributed by atoms with Gasteiger partial charge in [0.25, 0.3) is 5.91 Å². The van der Waals surface area contributed by atoms with Crippen LogP contribution in [0.1, 0.15) is 29.4 Å². The minimum atomic E-state index is -0.780. The van der Waals surface area contributed by atoms with Crippen molar-refractivity contribution in [2.75, 3.05) is 0 Å². The van der Waals surface area contributed by atoms with Crippen molar-refractivity contribution < 1.29 is 14.3 Å². The van der Waals surface area contributed by atoms with Crippen LogP contribution in [0.25, 0.3) is 5.69 Å². The smallest absolute Gasteiger partial charge is 0.351 e. The van der Waals surface area contributed by atoms with Crippen molar-refractivity contribution >= 4 is 23.2 Å². The number of hydrogen-bond donors (Lipinski definition) is 1. The fraction of sp³-hybridized carbons (Fsp3) is 0.333. The van der Waals surface area contributed by atoms with Crippen molar-refractivity contribution in [3.8, 4) is 5.69 Å². The van der Waals surface area contributed by atoms with Crippen molar-refractivity contribution in [2.45, 2.75) is 31.9 Å². The van der Waals surface area contributed by atoms with Crippen LogP contribution < -0.4 is 5.32 Å². The molecule has 1 fully saturated rings. The highest BCUT2D eigenvalue weighted by Gasteiger charge is 2.28. The third-order valence-electron chi connectivity index (χ3n) is 3.29. The molecule has 1 amide bonds. The molecule has 1 aliphatic carbocycles. The quantitative estimate of drug-likeness (QED) is 0.863. The molecule has 110 valence electrons. The van der Waals surface area contributed by atoms with Crippen molar-refractivity contribution in [3.63, 3.8) is 0 Å². The first-order valence-electron chi connectivity index (χ1n) is 6.87. The maximum absolute atomic E-state index is 12.2. The second-order valence-corrected chi connectivity index (χ2v) is 5.97. The van der Waals surface area contributed by atoms with E-state index in [2.05, 4.69) is 5.32 Å². The Morgan fingerprint density at radius 3 is 2.76 bits per heavy atom. The maximum Gasteiger partial charge on any atom is 0.351 e. The first-order chi connectivity index (χ1) is 10.1. The predicted octanol–water partition coefficient (Wildman–Crippen LogP) is 2.36. The van der Waals surface area contributed by atoms with E-state index in [0.29, 0.717) is 4.88 Å². The summed E-state index contributed by atoms with van der Waals surface area (Å²) in [5.41, 5.74) is 0.768. The summed E-state index contributed by atoms with van der Waals surface area (Å²) >= 11 is 1.31. The van der Waals surface area contributed by atoms with Gasteiger partial charge in [0.15, 0.2) is 6.10 Å². The van der Waals surface area contributed by atoms with E-state index in [1.165, 1.54) is 11.3 Å². The molecule has 1 atom stereocenters. The molecule has 0 bridgehead atoms. The molecule has 6 heteroatoms. The average Bonchev–Trinajstić information content (AvgIpc) is 2.98. The summed E-state index contributed by atoms with van der Waals surface area (Å²) in [5.74, 6) is -0.697. The number of thiophene rings is 1. The number of carbonyl (C=O) groups excluding carboxylic acids is 2. The number of hydrogen-bond acceptors (Lipinski definition) is 4. The van der Waals surface area contributed by atoms with Crippen LogP contribution in [-0.2, 0) is 9.53 Å². The first-order valence-corrected chi connectivity index (χ1v) is 7.75. The summed E-state index contributed by atoms with van der Waals surface area (Å²) in [6.45, 7) is 1.60. The Morgan fingerprint density at radius 2 is 2.10 bits per heavy atom. The third kappa shape index (κ3) is 3.16. The molecule has 0 aliphatic heterocycles. The topological polar surface area (TPSA) is 60.3 Å². The lowest BCUT2D eigenvalue weighted by atomic mass is 10.3. The Morgan fingerprint density at radius 1 is 1.38 bits per heavy atom. The molecule has 21 heavy (non-hydrogen) atoms. The van der Waals surface area contributed by atoms with Gasteiger partial charge in [0.05, 0.1) is 5.69 Å². The lowest BCUT2D eigenvalue weighted by Gasteiger charge is -2.13. The second-order valence-electron chi connectivity index (χ2n) is 5.06. The number of esters is 1. The number of ether oxygens (including phenoxy) is 1. The SMILES string of the molecule is CC(OC(=O)c1sccc1-n1cccc1)C(=O)NC1CC1. The van der Waals surface area contributed by atoms with Gasteiger partial charge in [-0.25, -0.2) is 4.79 Å². The van der Waals surface area contributed by atoms with Crippen LogP contribution in [-0.4, -0.2) is 28.6 Å². The van der Waals surface area contributed by atoms with Crippen LogP contribution in [0.4, 0.5) is 0 Å². The van der Waals surface area contributed by atoms with E-state index in [-0.39, 0.29) is 11.9 Å². The fourth-order valence-corrected chi connectivity index (χ4v) is 2.74. The molecular formula is C15H16N2O3S. The highest BCUT2D eigenvalue weighted by atomic mass is 32.1. The van der Waals surface area contributed by atoms with Crippen LogP contribution in [0.5, 0.6) is 0 Å². The second kappa shape index (κ2) is 5.73. The van der Waals surface area contributed by atoms with E-state index < -0.39 is 12.1 Å². The van der Waals surface area contributed by atoms with Gasteiger partial charge in [-0.3, -0.25) is 4.79 Å². The van der Waals surface area contributed by atoms with Gasteiger partial charge in [0, 0.05) is 18.4 Å². The van der Waals surface area contributed by atoms with Gasteiger partial charge >= 0.3 is 5.97 Å². The molecule has 3 rings (SSSR count). The van der Waals surface area contributed by atoms with Gasteiger partial charge in [-0.15, -0.1) is 11.3 Å². The molecule has 5 nitrogen and oxygen atoms in total. The van der Waals surface area contributed by atoms with Crippen LogP contribution in [0.15, 0.2) is 36.0 Å². The van der Waals surface area contributed by atoms with Gasteiger partial charge < -0.3 is 14.6 Å². The molecule has 0 spiro atoms. The molecule has 1 aliphatic rings. The molecule has 0 radical (unpaired) electrons. The van der Waals surface area contributed by atoms with Gasteiger partial charge in [0.2, 0.25) is 0 Å². The molecule has 2 aromatic heterocycles. The average molecular weight is 304 g/mol. The normalized spacial score (nSPS) is 15.5. The number of nitrogens with zero attached hydrogens (tertiary/aromatic N) is 1. The summed E-state index contributed by atoms with van der Waals surface area (Å²) in [4.78, 5) is 24.6. The van der Waals surface area contributed by atoms with Gasteiger partial charge in [0.1, 0.15) is 4.88 Å². The van der Waals surface area contributed by atoms with Crippen LogP contribution in [0.3, 0.4) is 0 Å². The molecule has 1 saturated carbocycles. The Hall–Kier alpha value is -2.08. The molecule has 2 heterocycles. The Bertz CT molecular complexity index is 644. The molecule has 1 N–H and O–H groups in total. The van der Waals surface area contributed by atoms with Crippen molar-refractivity contribution in [2.24, 2.45) is 0 Å². The summed E-state index contributed by atoms with van der Waals surface area (Å²) in [6, 6.07) is 5.89. The molecule has 0 aromatic carbocycles. The first kappa shape index (κ1) is 13.9. The summed E-state index contributed by atoms with van der Waals surface area (Å²) < 4.78 is 7.12. The van der Waals surface area contributed by atoms with E-state index in [9.17, 15) is 9.59 Å². The summed E-state index contributed by atoms with van der Waals surface area (Å²) in [7, 11) is 0. The molecule has 2 aromatic rings. The fourth-order valence-electron chi connectivity index (χ4n) is 1.97. The standard InChI is InChI=1S/C15H16N2O3S/c1-10(14(18)16-11-4-5-11)20-15(19)13-12(6-9-21-13)17-7-2-3-8-17/h2-3,6-11H,4-5H2,1H3,(H,16,18). The van der Waals surface area contributed by atoms with E-state index in [1.54, 1.807) is 6.92 Å². The van der Waals surface area contributed by atoms with E-state index in [0.717, 1.165) is 18.5 Å². The summed E-state index contributed by atoms with van der Waals surface area (Å²) in [5, 5.41) is 4.66. The van der Waals surface area contributed by atoms with Crippen molar-refractivity contribution in [1.29, 1.82) is 0 Å². The number of nitrogens with one attached hydrogen (secondary N) is 1. The molecule has 0 saturated heterocycles. The van der Waals surface area contributed by atoms with Crippen LogP contribution in [0, 0.1) is 0 Å². The number of rotatable bonds is 5. The predicted molar refractivity (Wildman–Crippen MR) is 79.7 cm³/mol. The lowest BCUT2D eigenvalue weighted by molar-refractivity contribution is -0.129. The van der Waals surface area contributed by atoms with Gasteiger partial charge in [-0.2, -0.15) is 0 Å². The Labute approximate surface area is 126 Å². The molecular weight excluding hydrogens is 288 g/mol. The highest BCUT2D eigenvalue weighted by molar-refractivity contribution is 7.12. The van der Waals surface area contributed by atoms with Crippen LogP contribution >= 0.6 is 11.3 Å². The zero-order valence-corrected chi connectivity index (χ0v) is 12.4. The minimum Gasteiger partial charge on any atom is -0.448 e. The van der Waals surface area contributed by atoms with E-state index in [4.69, 9.17) is 4.74 Å². The Balaban J connectivity index is 1.68. The van der Waals surface area contributed by atoms with Crippen LogP contribution in [0.2, 0.25) is 0 Å².